The minimum Gasteiger partial charge on any atom is -0.309 e. The lowest BCUT2D eigenvalue weighted by Gasteiger charge is -2.14. The van der Waals surface area contributed by atoms with Crippen molar-refractivity contribution in [2.45, 2.75) is 0 Å². The Morgan fingerprint density at radius 2 is 0.828 bits per heavy atom. The Kier molecular flexibility index (Phi) is 6.54. The van der Waals surface area contributed by atoms with E-state index in [1.807, 2.05) is 11.3 Å². The molecule has 8 aromatic carbocycles. The average molecular weight is 758 g/mol. The molecule has 5 aromatic heterocycles. The summed E-state index contributed by atoms with van der Waals surface area (Å²) in [4.78, 5) is 10.9. The van der Waals surface area contributed by atoms with Gasteiger partial charge in [-0.15, -0.1) is 11.3 Å². The van der Waals surface area contributed by atoms with Gasteiger partial charge in [-0.25, -0.2) is 4.98 Å². The highest BCUT2D eigenvalue weighted by Gasteiger charge is 2.21. The summed E-state index contributed by atoms with van der Waals surface area (Å²) in [6, 6.07) is 67.6. The summed E-state index contributed by atoms with van der Waals surface area (Å²) < 4.78 is 9.56. The van der Waals surface area contributed by atoms with Crippen molar-refractivity contribution in [2.75, 3.05) is 0 Å². The van der Waals surface area contributed by atoms with E-state index in [9.17, 15) is 0 Å². The Morgan fingerprint density at radius 1 is 0.345 bits per heavy atom. The van der Waals surface area contributed by atoms with Gasteiger partial charge in [0.25, 0.3) is 0 Å². The highest BCUT2D eigenvalue weighted by atomic mass is 32.1. The van der Waals surface area contributed by atoms with E-state index < -0.39 is 0 Å². The van der Waals surface area contributed by atoms with Gasteiger partial charge in [-0.05, 0) is 60.7 Å². The van der Waals surface area contributed by atoms with Crippen LogP contribution in [0.2, 0.25) is 0 Å². The molecule has 0 bridgehead atoms. The van der Waals surface area contributed by atoms with Crippen LogP contribution in [0.5, 0.6) is 0 Å². The number of hydrogen-bond acceptors (Lipinski definition) is 3. The zero-order chi connectivity index (χ0) is 37.9. The largest absolute Gasteiger partial charge is 0.309 e. The van der Waals surface area contributed by atoms with E-state index >= 15 is 0 Å². The van der Waals surface area contributed by atoms with Crippen molar-refractivity contribution in [3.63, 3.8) is 0 Å². The summed E-state index contributed by atoms with van der Waals surface area (Å²) in [5, 5.41) is 9.70. The number of fused-ring (bicyclic) bond motifs is 12. The van der Waals surface area contributed by atoms with Crippen LogP contribution in [0, 0.1) is 0 Å². The van der Waals surface area contributed by atoms with E-state index in [2.05, 4.69) is 202 Å². The third-order valence-corrected chi connectivity index (χ3v) is 13.0. The maximum atomic E-state index is 5.47. The SMILES string of the molecule is c1ccc2c(c1)sc1cccc(-n3c4ccccc4c4cc(-c5cc(-n6c7ccccc7c7ccccc76)nc(-n6c7ccccc7c7ccccc76)n5)ccc43)c12. The van der Waals surface area contributed by atoms with Crippen LogP contribution in [-0.4, -0.2) is 23.7 Å². The van der Waals surface area contributed by atoms with Gasteiger partial charge in [-0.3, -0.25) is 9.13 Å². The minimum atomic E-state index is 0.630. The van der Waals surface area contributed by atoms with Gasteiger partial charge in [-0.2, -0.15) is 4.98 Å². The molecule has 5 nitrogen and oxygen atoms in total. The minimum absolute atomic E-state index is 0.630. The Hall–Kier alpha value is -7.54. The van der Waals surface area contributed by atoms with Crippen LogP contribution in [-0.2, 0) is 0 Å². The predicted molar refractivity (Wildman–Crippen MR) is 243 cm³/mol. The summed E-state index contributed by atoms with van der Waals surface area (Å²) >= 11 is 1.85. The summed E-state index contributed by atoms with van der Waals surface area (Å²) in [6.07, 6.45) is 0. The number of aromatic nitrogens is 5. The van der Waals surface area contributed by atoms with Crippen LogP contribution >= 0.6 is 11.3 Å². The fourth-order valence-electron chi connectivity index (χ4n) is 9.43. The average Bonchev–Trinajstić information content (AvgIpc) is 4.02. The highest BCUT2D eigenvalue weighted by molar-refractivity contribution is 7.25. The van der Waals surface area contributed by atoms with Crippen molar-refractivity contribution >= 4 is 96.9 Å². The number of nitrogens with zero attached hydrogens (tertiary/aromatic N) is 5. The molecule has 5 heterocycles. The van der Waals surface area contributed by atoms with Crippen LogP contribution in [0.25, 0.3) is 114 Å². The molecule has 0 aliphatic heterocycles. The van der Waals surface area contributed by atoms with Crippen molar-refractivity contribution in [1.29, 1.82) is 0 Å². The van der Waals surface area contributed by atoms with E-state index in [0.29, 0.717) is 5.95 Å². The summed E-state index contributed by atoms with van der Waals surface area (Å²) in [5.74, 6) is 1.45. The molecule has 0 aliphatic rings. The second-order valence-corrected chi connectivity index (χ2v) is 16.1. The number of hydrogen-bond donors (Lipinski definition) is 0. The molecule has 0 saturated heterocycles. The molecule has 0 atom stereocenters. The molecule has 270 valence electrons. The molecule has 0 amide bonds. The first-order valence-electron chi connectivity index (χ1n) is 19.6. The quantitative estimate of drug-likeness (QED) is 0.179. The molecule has 13 aromatic rings. The first kappa shape index (κ1) is 31.6. The van der Waals surface area contributed by atoms with E-state index in [1.165, 1.54) is 63.7 Å². The highest BCUT2D eigenvalue weighted by Crippen LogP contribution is 2.42. The first-order valence-corrected chi connectivity index (χ1v) is 20.4. The van der Waals surface area contributed by atoms with Gasteiger partial charge in [0, 0.05) is 64.1 Å². The molecule has 0 N–H and O–H groups in total. The second-order valence-electron chi connectivity index (χ2n) is 15.0. The molecule has 0 radical (unpaired) electrons. The second kappa shape index (κ2) is 12.0. The summed E-state index contributed by atoms with van der Waals surface area (Å²) in [6.45, 7) is 0. The van der Waals surface area contributed by atoms with Crippen LogP contribution in [0.1, 0.15) is 0 Å². The van der Waals surface area contributed by atoms with E-state index in [0.717, 1.165) is 44.7 Å². The lowest BCUT2D eigenvalue weighted by molar-refractivity contribution is 0.952. The zero-order valence-electron chi connectivity index (χ0n) is 31.0. The topological polar surface area (TPSA) is 40.6 Å². The maximum Gasteiger partial charge on any atom is 0.237 e. The molecular weight excluding hydrogens is 727 g/mol. The van der Waals surface area contributed by atoms with Gasteiger partial charge < -0.3 is 4.57 Å². The smallest absolute Gasteiger partial charge is 0.237 e. The monoisotopic (exact) mass is 757 g/mol. The van der Waals surface area contributed by atoms with Crippen molar-refractivity contribution in [2.24, 2.45) is 0 Å². The van der Waals surface area contributed by atoms with Gasteiger partial charge in [-0.1, -0.05) is 121 Å². The van der Waals surface area contributed by atoms with Crippen molar-refractivity contribution in [3.05, 3.63) is 188 Å². The normalized spacial score (nSPS) is 12.1. The Labute approximate surface area is 335 Å². The molecule has 13 rings (SSSR count). The molecule has 0 spiro atoms. The number of benzene rings is 8. The molecule has 0 unspecified atom stereocenters. The predicted octanol–water partition coefficient (Wildman–Crippen LogP) is 13.8. The van der Waals surface area contributed by atoms with Crippen LogP contribution in [0.15, 0.2) is 188 Å². The van der Waals surface area contributed by atoms with Gasteiger partial charge in [0.1, 0.15) is 5.82 Å². The first-order chi connectivity index (χ1) is 28.8. The lowest BCUT2D eigenvalue weighted by Crippen LogP contribution is -2.07. The van der Waals surface area contributed by atoms with Crippen molar-refractivity contribution < 1.29 is 0 Å². The molecule has 6 heteroatoms. The van der Waals surface area contributed by atoms with Crippen LogP contribution < -0.4 is 0 Å². The van der Waals surface area contributed by atoms with Gasteiger partial charge in [0.05, 0.1) is 44.5 Å². The van der Waals surface area contributed by atoms with E-state index in [4.69, 9.17) is 9.97 Å². The Bertz CT molecular complexity index is 3580. The number of para-hydroxylation sites is 5. The third kappa shape index (κ3) is 4.40. The number of thiophene rings is 1. The zero-order valence-corrected chi connectivity index (χ0v) is 31.9. The molecule has 58 heavy (non-hydrogen) atoms. The van der Waals surface area contributed by atoms with Crippen LogP contribution in [0.3, 0.4) is 0 Å². The summed E-state index contributed by atoms with van der Waals surface area (Å²) in [7, 11) is 0. The number of rotatable bonds is 4. The van der Waals surface area contributed by atoms with Crippen molar-refractivity contribution in [3.8, 4) is 28.7 Å². The van der Waals surface area contributed by atoms with Gasteiger partial charge >= 0.3 is 0 Å². The van der Waals surface area contributed by atoms with E-state index in [-0.39, 0.29) is 0 Å². The van der Waals surface area contributed by atoms with E-state index in [1.54, 1.807) is 0 Å². The molecule has 0 fully saturated rings. The molecule has 0 saturated carbocycles. The molecule has 0 aliphatic carbocycles. The van der Waals surface area contributed by atoms with Crippen LogP contribution in [0.4, 0.5) is 0 Å². The maximum absolute atomic E-state index is 5.47. The van der Waals surface area contributed by atoms with Gasteiger partial charge in [0.15, 0.2) is 0 Å². The van der Waals surface area contributed by atoms with Gasteiger partial charge in [0.2, 0.25) is 5.95 Å². The standard InChI is InChI=1S/C52H31N5S/c1-8-21-42-33(14-1)34-15-2-9-22-43(34)56(42)50-31-40(53-52(54-50)57-44-23-10-3-16-35(44)36-17-4-11-24-45(36)57)32-28-29-46-39(30-32)37-18-5-7-20-41(37)55(46)47-25-13-27-49-51(47)38-19-6-12-26-48(38)58-49/h1-31H. The third-order valence-electron chi connectivity index (χ3n) is 11.9. The summed E-state index contributed by atoms with van der Waals surface area (Å²) in [5.41, 5.74) is 9.77. The fraction of sp³-hybridized carbons (Fsp3) is 0. The lowest BCUT2D eigenvalue weighted by atomic mass is 10.1. The van der Waals surface area contributed by atoms with Crippen molar-refractivity contribution in [1.82, 2.24) is 23.7 Å². The molecular formula is C52H31N5S. The fourth-order valence-corrected chi connectivity index (χ4v) is 10.6. The Morgan fingerprint density at radius 3 is 1.45 bits per heavy atom. The Balaban J connectivity index is 1.10.